The lowest BCUT2D eigenvalue weighted by Crippen LogP contribution is -2.04. The topological polar surface area (TPSA) is 37.8 Å². The van der Waals surface area contributed by atoms with E-state index in [1.165, 1.54) is 5.57 Å². The van der Waals surface area contributed by atoms with Crippen LogP contribution in [0.2, 0.25) is 0 Å². The standard InChI is InChI=1S/C10H15N3/c1-8(2)4-6-12-10-5-7-11-9(3)13-10/h5,7H,1,4,6H2,2-3H3,(H,11,12,13). The number of nitrogens with zero attached hydrogens (tertiary/aromatic N) is 2. The molecule has 0 spiro atoms. The molecule has 0 aliphatic carbocycles. The summed E-state index contributed by atoms with van der Waals surface area (Å²) in [4.78, 5) is 8.23. The Morgan fingerprint density at radius 2 is 2.38 bits per heavy atom. The molecule has 0 saturated heterocycles. The summed E-state index contributed by atoms with van der Waals surface area (Å²) in [5.74, 6) is 1.68. The molecule has 1 aromatic rings. The Kier molecular flexibility index (Phi) is 3.43. The van der Waals surface area contributed by atoms with E-state index in [2.05, 4.69) is 21.9 Å². The molecule has 0 aromatic carbocycles. The molecule has 70 valence electrons. The molecule has 0 aliphatic heterocycles. The molecule has 1 rings (SSSR count). The third-order valence-electron chi connectivity index (χ3n) is 1.63. The van der Waals surface area contributed by atoms with Gasteiger partial charge < -0.3 is 5.32 Å². The van der Waals surface area contributed by atoms with Gasteiger partial charge in [-0.1, -0.05) is 5.57 Å². The van der Waals surface area contributed by atoms with Gasteiger partial charge in [0.2, 0.25) is 0 Å². The van der Waals surface area contributed by atoms with E-state index in [-0.39, 0.29) is 0 Å². The molecule has 0 atom stereocenters. The molecule has 0 bridgehead atoms. The molecule has 0 radical (unpaired) electrons. The summed E-state index contributed by atoms with van der Waals surface area (Å²) in [7, 11) is 0. The zero-order valence-electron chi connectivity index (χ0n) is 8.17. The van der Waals surface area contributed by atoms with Crippen LogP contribution in [0.15, 0.2) is 24.4 Å². The summed E-state index contributed by atoms with van der Waals surface area (Å²) in [6.07, 6.45) is 2.73. The molecule has 1 N–H and O–H groups in total. The first kappa shape index (κ1) is 9.71. The van der Waals surface area contributed by atoms with Crippen molar-refractivity contribution in [1.82, 2.24) is 9.97 Å². The Morgan fingerprint density at radius 1 is 1.62 bits per heavy atom. The van der Waals surface area contributed by atoms with Gasteiger partial charge in [-0.15, -0.1) is 6.58 Å². The molecule has 0 saturated carbocycles. The maximum atomic E-state index is 4.22. The summed E-state index contributed by atoms with van der Waals surface area (Å²) in [6.45, 7) is 8.61. The van der Waals surface area contributed by atoms with Crippen molar-refractivity contribution in [2.75, 3.05) is 11.9 Å². The highest BCUT2D eigenvalue weighted by atomic mass is 15.0. The van der Waals surface area contributed by atoms with E-state index in [9.17, 15) is 0 Å². The summed E-state index contributed by atoms with van der Waals surface area (Å²) in [5, 5.41) is 3.20. The normalized spacial score (nSPS) is 9.69. The Labute approximate surface area is 78.9 Å². The summed E-state index contributed by atoms with van der Waals surface area (Å²) < 4.78 is 0. The first-order valence-corrected chi connectivity index (χ1v) is 4.36. The van der Waals surface area contributed by atoms with Gasteiger partial charge in [-0.05, 0) is 26.3 Å². The van der Waals surface area contributed by atoms with E-state index in [0.717, 1.165) is 24.6 Å². The number of hydrogen-bond donors (Lipinski definition) is 1. The second-order valence-corrected chi connectivity index (χ2v) is 3.12. The van der Waals surface area contributed by atoms with Crippen LogP contribution in [0.1, 0.15) is 19.2 Å². The van der Waals surface area contributed by atoms with E-state index < -0.39 is 0 Å². The van der Waals surface area contributed by atoms with Crippen molar-refractivity contribution in [3.05, 3.63) is 30.2 Å². The second kappa shape index (κ2) is 4.60. The van der Waals surface area contributed by atoms with E-state index in [4.69, 9.17) is 0 Å². The molecule has 0 unspecified atom stereocenters. The monoisotopic (exact) mass is 177 g/mol. The Balaban J connectivity index is 2.41. The summed E-state index contributed by atoms with van der Waals surface area (Å²) >= 11 is 0. The lowest BCUT2D eigenvalue weighted by Gasteiger charge is -2.04. The van der Waals surface area contributed by atoms with Crippen LogP contribution in [0.5, 0.6) is 0 Å². The Bertz CT molecular complexity index is 294. The minimum Gasteiger partial charge on any atom is -0.370 e. The number of aromatic nitrogens is 2. The molecular weight excluding hydrogens is 162 g/mol. The zero-order valence-corrected chi connectivity index (χ0v) is 8.17. The van der Waals surface area contributed by atoms with Crippen LogP contribution in [-0.2, 0) is 0 Å². The van der Waals surface area contributed by atoms with Crippen molar-refractivity contribution in [3.8, 4) is 0 Å². The van der Waals surface area contributed by atoms with E-state index in [0.29, 0.717) is 0 Å². The fraction of sp³-hybridized carbons (Fsp3) is 0.400. The van der Waals surface area contributed by atoms with E-state index in [1.54, 1.807) is 6.20 Å². The maximum Gasteiger partial charge on any atom is 0.129 e. The predicted octanol–water partition coefficient (Wildman–Crippen LogP) is 2.16. The van der Waals surface area contributed by atoms with E-state index in [1.807, 2.05) is 19.9 Å². The Morgan fingerprint density at radius 3 is 3.00 bits per heavy atom. The van der Waals surface area contributed by atoms with Gasteiger partial charge >= 0.3 is 0 Å². The van der Waals surface area contributed by atoms with Gasteiger partial charge in [0.05, 0.1) is 0 Å². The van der Waals surface area contributed by atoms with Crippen molar-refractivity contribution in [1.29, 1.82) is 0 Å². The largest absolute Gasteiger partial charge is 0.370 e. The molecule has 0 amide bonds. The third kappa shape index (κ3) is 3.69. The first-order chi connectivity index (χ1) is 6.18. The van der Waals surface area contributed by atoms with E-state index >= 15 is 0 Å². The highest BCUT2D eigenvalue weighted by Crippen LogP contribution is 2.02. The molecule has 3 heteroatoms. The quantitative estimate of drug-likeness (QED) is 0.716. The zero-order chi connectivity index (χ0) is 9.68. The van der Waals surface area contributed by atoms with Crippen LogP contribution in [0.3, 0.4) is 0 Å². The van der Waals surface area contributed by atoms with Gasteiger partial charge in [0, 0.05) is 12.7 Å². The number of anilines is 1. The fourth-order valence-corrected chi connectivity index (χ4v) is 0.959. The van der Waals surface area contributed by atoms with Crippen LogP contribution < -0.4 is 5.32 Å². The first-order valence-electron chi connectivity index (χ1n) is 4.36. The highest BCUT2D eigenvalue weighted by Gasteiger charge is 1.93. The lowest BCUT2D eigenvalue weighted by atomic mass is 10.2. The van der Waals surface area contributed by atoms with Gasteiger partial charge in [-0.3, -0.25) is 0 Å². The van der Waals surface area contributed by atoms with Crippen molar-refractivity contribution in [2.45, 2.75) is 20.3 Å². The molecule has 1 aromatic heterocycles. The fourth-order valence-electron chi connectivity index (χ4n) is 0.959. The highest BCUT2D eigenvalue weighted by molar-refractivity contribution is 5.32. The van der Waals surface area contributed by atoms with Crippen LogP contribution in [0.4, 0.5) is 5.82 Å². The average molecular weight is 177 g/mol. The van der Waals surface area contributed by atoms with Crippen molar-refractivity contribution >= 4 is 5.82 Å². The van der Waals surface area contributed by atoms with Gasteiger partial charge in [-0.2, -0.15) is 0 Å². The second-order valence-electron chi connectivity index (χ2n) is 3.12. The van der Waals surface area contributed by atoms with Crippen LogP contribution in [-0.4, -0.2) is 16.5 Å². The summed E-state index contributed by atoms with van der Waals surface area (Å²) in [6, 6.07) is 1.87. The van der Waals surface area contributed by atoms with Gasteiger partial charge in [0.1, 0.15) is 11.6 Å². The van der Waals surface area contributed by atoms with Crippen LogP contribution in [0, 0.1) is 6.92 Å². The number of nitrogens with one attached hydrogen (secondary N) is 1. The summed E-state index contributed by atoms with van der Waals surface area (Å²) in [5.41, 5.74) is 1.18. The minimum atomic E-state index is 0.792. The van der Waals surface area contributed by atoms with Crippen molar-refractivity contribution in [3.63, 3.8) is 0 Å². The van der Waals surface area contributed by atoms with Crippen molar-refractivity contribution in [2.24, 2.45) is 0 Å². The molecule has 1 heterocycles. The van der Waals surface area contributed by atoms with Gasteiger partial charge in [-0.25, -0.2) is 9.97 Å². The smallest absolute Gasteiger partial charge is 0.129 e. The minimum absolute atomic E-state index is 0.792. The average Bonchev–Trinajstić information content (AvgIpc) is 2.03. The number of rotatable bonds is 4. The van der Waals surface area contributed by atoms with Crippen LogP contribution >= 0.6 is 0 Å². The molecule has 13 heavy (non-hydrogen) atoms. The molecule has 3 nitrogen and oxygen atoms in total. The number of aryl methyl sites for hydroxylation is 1. The Hall–Kier alpha value is -1.38. The van der Waals surface area contributed by atoms with Gasteiger partial charge in [0.25, 0.3) is 0 Å². The molecular formula is C10H15N3. The lowest BCUT2D eigenvalue weighted by molar-refractivity contribution is 0.971. The third-order valence-corrected chi connectivity index (χ3v) is 1.63. The maximum absolute atomic E-state index is 4.22. The molecule has 0 fully saturated rings. The SMILES string of the molecule is C=C(C)CCNc1ccnc(C)n1. The van der Waals surface area contributed by atoms with Crippen molar-refractivity contribution < 1.29 is 0 Å². The van der Waals surface area contributed by atoms with Gasteiger partial charge in [0.15, 0.2) is 0 Å². The van der Waals surface area contributed by atoms with Crippen LogP contribution in [0.25, 0.3) is 0 Å². The molecule has 0 aliphatic rings. The number of hydrogen-bond acceptors (Lipinski definition) is 3. The predicted molar refractivity (Wildman–Crippen MR) is 54.7 cm³/mol.